The SMILES string of the molecule is c1csc(CNc2nc(CN3CCCCC3c3nccs3)nc3ccccc23)c1. The molecule has 148 valence electrons. The first-order chi connectivity index (χ1) is 14.4. The molecule has 1 aromatic carbocycles. The van der Waals surface area contributed by atoms with Crippen LogP contribution in [0.5, 0.6) is 0 Å². The summed E-state index contributed by atoms with van der Waals surface area (Å²) in [6.07, 6.45) is 5.54. The summed E-state index contributed by atoms with van der Waals surface area (Å²) in [4.78, 5) is 18.2. The molecule has 29 heavy (non-hydrogen) atoms. The van der Waals surface area contributed by atoms with Crippen molar-refractivity contribution in [3.63, 3.8) is 0 Å². The number of anilines is 1. The predicted molar refractivity (Wildman–Crippen MR) is 120 cm³/mol. The zero-order chi connectivity index (χ0) is 19.5. The van der Waals surface area contributed by atoms with Gasteiger partial charge in [0.2, 0.25) is 0 Å². The first kappa shape index (κ1) is 18.7. The minimum atomic E-state index is 0.376. The number of benzene rings is 1. The van der Waals surface area contributed by atoms with E-state index in [4.69, 9.17) is 9.97 Å². The van der Waals surface area contributed by atoms with Crippen molar-refractivity contribution < 1.29 is 0 Å². The zero-order valence-corrected chi connectivity index (χ0v) is 17.8. The Hall–Kier alpha value is -2.35. The molecule has 1 saturated heterocycles. The summed E-state index contributed by atoms with van der Waals surface area (Å²) in [5.74, 6) is 1.79. The van der Waals surface area contributed by atoms with Crippen molar-refractivity contribution in [1.29, 1.82) is 0 Å². The molecular weight excluding hydrogens is 398 g/mol. The van der Waals surface area contributed by atoms with Gasteiger partial charge in [-0.2, -0.15) is 0 Å². The molecule has 0 amide bonds. The number of thiazole rings is 1. The number of piperidine rings is 1. The molecule has 1 aliphatic rings. The van der Waals surface area contributed by atoms with Crippen molar-refractivity contribution in [2.24, 2.45) is 0 Å². The number of hydrogen-bond donors (Lipinski definition) is 1. The summed E-state index contributed by atoms with van der Waals surface area (Å²) >= 11 is 3.51. The minimum absolute atomic E-state index is 0.376. The van der Waals surface area contributed by atoms with Gasteiger partial charge < -0.3 is 5.32 Å². The molecule has 1 aliphatic heterocycles. The second kappa shape index (κ2) is 8.57. The Morgan fingerprint density at radius 2 is 2.00 bits per heavy atom. The summed E-state index contributed by atoms with van der Waals surface area (Å²) in [6, 6.07) is 12.9. The van der Waals surface area contributed by atoms with E-state index in [-0.39, 0.29) is 0 Å². The number of nitrogens with one attached hydrogen (secondary N) is 1. The van der Waals surface area contributed by atoms with E-state index in [9.17, 15) is 0 Å². The Morgan fingerprint density at radius 3 is 2.86 bits per heavy atom. The van der Waals surface area contributed by atoms with E-state index in [1.807, 2.05) is 18.3 Å². The van der Waals surface area contributed by atoms with Gasteiger partial charge in [-0.05, 0) is 43.0 Å². The molecule has 0 aliphatic carbocycles. The van der Waals surface area contributed by atoms with E-state index in [1.165, 1.54) is 22.7 Å². The number of fused-ring (bicyclic) bond motifs is 1. The number of aromatic nitrogens is 3. The highest BCUT2D eigenvalue weighted by molar-refractivity contribution is 7.10. The molecule has 1 unspecified atom stereocenters. The van der Waals surface area contributed by atoms with Gasteiger partial charge in [-0.25, -0.2) is 15.0 Å². The van der Waals surface area contributed by atoms with E-state index in [1.54, 1.807) is 22.7 Å². The lowest BCUT2D eigenvalue weighted by Gasteiger charge is -2.34. The van der Waals surface area contributed by atoms with Crippen molar-refractivity contribution >= 4 is 39.4 Å². The van der Waals surface area contributed by atoms with Crippen molar-refractivity contribution in [2.45, 2.75) is 38.4 Å². The quantitative estimate of drug-likeness (QED) is 0.446. The maximum absolute atomic E-state index is 4.93. The fraction of sp³-hybridized carbons (Fsp3) is 0.318. The van der Waals surface area contributed by atoms with Gasteiger partial charge in [0.1, 0.15) is 16.6 Å². The average molecular weight is 422 g/mol. The Bertz CT molecular complexity index is 1060. The normalized spacial score (nSPS) is 17.6. The van der Waals surface area contributed by atoms with E-state index < -0.39 is 0 Å². The largest absolute Gasteiger partial charge is 0.365 e. The molecule has 0 saturated carbocycles. The van der Waals surface area contributed by atoms with E-state index in [0.717, 1.165) is 48.6 Å². The minimum Gasteiger partial charge on any atom is -0.365 e. The van der Waals surface area contributed by atoms with E-state index in [2.05, 4.69) is 50.2 Å². The van der Waals surface area contributed by atoms with Crippen LogP contribution in [0.25, 0.3) is 10.9 Å². The average Bonchev–Trinajstić information content (AvgIpc) is 3.47. The van der Waals surface area contributed by atoms with Crippen LogP contribution in [0, 0.1) is 0 Å². The molecule has 0 spiro atoms. The third-order valence-corrected chi connectivity index (χ3v) is 7.11. The Morgan fingerprint density at radius 1 is 1.03 bits per heavy atom. The van der Waals surface area contributed by atoms with Gasteiger partial charge in [-0.3, -0.25) is 4.90 Å². The molecule has 5 nitrogen and oxygen atoms in total. The fourth-order valence-electron chi connectivity index (χ4n) is 3.95. The van der Waals surface area contributed by atoms with Gasteiger partial charge in [0.05, 0.1) is 24.6 Å². The lowest BCUT2D eigenvalue weighted by molar-refractivity contribution is 0.137. The lowest BCUT2D eigenvalue weighted by atomic mass is 10.0. The molecule has 1 N–H and O–H groups in total. The van der Waals surface area contributed by atoms with Crippen LogP contribution in [0.4, 0.5) is 5.82 Å². The van der Waals surface area contributed by atoms with Crippen LogP contribution >= 0.6 is 22.7 Å². The highest BCUT2D eigenvalue weighted by Gasteiger charge is 2.26. The summed E-state index contributed by atoms with van der Waals surface area (Å²) in [5.41, 5.74) is 0.994. The van der Waals surface area contributed by atoms with Gasteiger partial charge in [-0.1, -0.05) is 24.6 Å². The van der Waals surface area contributed by atoms with Crippen LogP contribution in [0.1, 0.15) is 41.0 Å². The first-order valence-corrected chi connectivity index (χ1v) is 11.8. The molecule has 3 aromatic heterocycles. The summed E-state index contributed by atoms with van der Waals surface area (Å²) < 4.78 is 0. The molecule has 0 radical (unpaired) electrons. The maximum atomic E-state index is 4.93. The number of thiophene rings is 1. The smallest absolute Gasteiger partial charge is 0.145 e. The van der Waals surface area contributed by atoms with Crippen molar-refractivity contribution in [3.8, 4) is 0 Å². The molecule has 0 bridgehead atoms. The lowest BCUT2D eigenvalue weighted by Crippen LogP contribution is -2.33. The second-order valence-electron chi connectivity index (χ2n) is 7.29. The zero-order valence-electron chi connectivity index (χ0n) is 16.1. The van der Waals surface area contributed by atoms with Crippen LogP contribution < -0.4 is 5.32 Å². The van der Waals surface area contributed by atoms with Crippen molar-refractivity contribution in [1.82, 2.24) is 19.9 Å². The molecule has 4 aromatic rings. The standard InChI is InChI=1S/C22H23N5S2/c1-2-8-18-17(7-1)21(24-14-16-6-5-12-28-16)26-20(25-18)15-27-11-4-3-9-19(27)22-23-10-13-29-22/h1-2,5-8,10,12-13,19H,3-4,9,11,14-15H2,(H,24,25,26). The number of rotatable bonds is 6. The molecule has 4 heterocycles. The third-order valence-electron chi connectivity index (χ3n) is 5.35. The Balaban J connectivity index is 1.43. The summed E-state index contributed by atoms with van der Waals surface area (Å²) in [6.45, 7) is 2.60. The van der Waals surface area contributed by atoms with E-state index in [0.29, 0.717) is 6.04 Å². The predicted octanol–water partition coefficient (Wildman–Crippen LogP) is 5.49. The van der Waals surface area contributed by atoms with Gasteiger partial charge in [0, 0.05) is 21.8 Å². The fourth-order valence-corrected chi connectivity index (χ4v) is 5.41. The van der Waals surface area contributed by atoms with Crippen LogP contribution in [0.3, 0.4) is 0 Å². The van der Waals surface area contributed by atoms with Crippen molar-refractivity contribution in [2.75, 3.05) is 11.9 Å². The maximum Gasteiger partial charge on any atom is 0.145 e. The monoisotopic (exact) mass is 421 g/mol. The molecule has 5 rings (SSSR count). The van der Waals surface area contributed by atoms with Gasteiger partial charge in [-0.15, -0.1) is 22.7 Å². The third kappa shape index (κ3) is 4.17. The van der Waals surface area contributed by atoms with E-state index >= 15 is 0 Å². The number of nitrogens with zero attached hydrogens (tertiary/aromatic N) is 4. The van der Waals surface area contributed by atoms with Crippen LogP contribution in [-0.2, 0) is 13.1 Å². The van der Waals surface area contributed by atoms with Gasteiger partial charge >= 0.3 is 0 Å². The Labute approximate surface area is 178 Å². The summed E-state index contributed by atoms with van der Waals surface area (Å²) in [5, 5.41) is 10.00. The topological polar surface area (TPSA) is 53.9 Å². The van der Waals surface area contributed by atoms with Crippen molar-refractivity contribution in [3.05, 3.63) is 69.1 Å². The number of para-hydroxylation sites is 1. The molecule has 7 heteroatoms. The van der Waals surface area contributed by atoms with Crippen LogP contribution in [0.15, 0.2) is 53.4 Å². The molecule has 1 atom stereocenters. The molecule has 1 fully saturated rings. The first-order valence-electron chi connectivity index (χ1n) is 10.0. The van der Waals surface area contributed by atoms with Gasteiger partial charge in [0.25, 0.3) is 0 Å². The van der Waals surface area contributed by atoms with Gasteiger partial charge in [0.15, 0.2) is 0 Å². The Kier molecular flexibility index (Phi) is 5.51. The molecular formula is C22H23N5S2. The highest BCUT2D eigenvalue weighted by atomic mass is 32.1. The number of likely N-dealkylation sites (tertiary alicyclic amines) is 1. The van der Waals surface area contributed by atoms with Crippen LogP contribution in [0.2, 0.25) is 0 Å². The summed E-state index contributed by atoms with van der Waals surface area (Å²) in [7, 11) is 0. The number of hydrogen-bond acceptors (Lipinski definition) is 7. The second-order valence-corrected chi connectivity index (χ2v) is 9.25. The highest BCUT2D eigenvalue weighted by Crippen LogP contribution is 2.33. The van der Waals surface area contributed by atoms with Crippen LogP contribution in [-0.4, -0.2) is 26.4 Å².